The van der Waals surface area contributed by atoms with Gasteiger partial charge in [-0.15, -0.1) is 0 Å². The molecule has 27 heavy (non-hydrogen) atoms. The molecular weight excluding hydrogens is 330 g/mol. The third kappa shape index (κ3) is 2.07. The van der Waals surface area contributed by atoms with Gasteiger partial charge in [0.15, 0.2) is 11.5 Å². The van der Waals surface area contributed by atoms with Crippen molar-refractivity contribution in [3.8, 4) is 11.5 Å². The van der Waals surface area contributed by atoms with Crippen molar-refractivity contribution in [1.29, 1.82) is 0 Å². The Morgan fingerprint density at radius 2 is 1.63 bits per heavy atom. The summed E-state index contributed by atoms with van der Waals surface area (Å²) in [5.41, 5.74) is 5.87. The normalized spacial score (nSPS) is 13.9. The van der Waals surface area contributed by atoms with Crippen molar-refractivity contribution in [2.45, 2.75) is 6.42 Å². The predicted octanol–water partition coefficient (Wildman–Crippen LogP) is 6.98. The van der Waals surface area contributed by atoms with Crippen molar-refractivity contribution in [2.24, 2.45) is 0 Å². The van der Waals surface area contributed by atoms with Gasteiger partial charge in [0.1, 0.15) is 0 Å². The van der Waals surface area contributed by atoms with E-state index in [4.69, 9.17) is 4.74 Å². The Morgan fingerprint density at radius 3 is 2.56 bits per heavy atom. The van der Waals surface area contributed by atoms with Crippen LogP contribution in [0.3, 0.4) is 0 Å². The van der Waals surface area contributed by atoms with Crippen molar-refractivity contribution < 1.29 is 4.74 Å². The molecule has 0 spiro atoms. The van der Waals surface area contributed by atoms with Crippen molar-refractivity contribution in [1.82, 2.24) is 0 Å². The second kappa shape index (κ2) is 5.49. The zero-order valence-corrected chi connectivity index (χ0v) is 14.7. The second-order valence-electron chi connectivity index (χ2n) is 7.00. The van der Waals surface area contributed by atoms with E-state index >= 15 is 0 Å². The number of hydrogen-bond acceptors (Lipinski definition) is 2. The fraction of sp³-hybridized carbons (Fsp3) is 0.0400. The Bertz CT molecular complexity index is 1220. The first-order valence-corrected chi connectivity index (χ1v) is 9.27. The summed E-state index contributed by atoms with van der Waals surface area (Å²) in [5, 5.41) is 2.57. The minimum Gasteiger partial charge on any atom is -0.453 e. The summed E-state index contributed by atoms with van der Waals surface area (Å²) in [5.74, 6) is 1.87. The summed E-state index contributed by atoms with van der Waals surface area (Å²) < 4.78 is 6.47. The highest BCUT2D eigenvalue weighted by molar-refractivity contribution is 6.02. The van der Waals surface area contributed by atoms with Gasteiger partial charge in [-0.05, 0) is 53.1 Å². The summed E-state index contributed by atoms with van der Waals surface area (Å²) in [6.45, 7) is 0. The molecule has 0 saturated heterocycles. The van der Waals surface area contributed by atoms with E-state index in [1.807, 2.05) is 6.07 Å². The Hall–Kier alpha value is -3.52. The first-order chi connectivity index (χ1) is 13.4. The Balaban J connectivity index is 1.71. The van der Waals surface area contributed by atoms with Crippen LogP contribution >= 0.6 is 0 Å². The first-order valence-electron chi connectivity index (χ1n) is 9.27. The van der Waals surface area contributed by atoms with Gasteiger partial charge in [0.05, 0.1) is 11.4 Å². The average molecular weight is 347 g/mol. The van der Waals surface area contributed by atoms with E-state index in [1.165, 1.54) is 21.9 Å². The molecule has 1 heterocycles. The van der Waals surface area contributed by atoms with E-state index in [-0.39, 0.29) is 0 Å². The molecule has 0 N–H and O–H groups in total. The molecule has 4 aromatic carbocycles. The molecule has 1 aliphatic carbocycles. The second-order valence-corrected chi connectivity index (χ2v) is 7.00. The highest BCUT2D eigenvalue weighted by atomic mass is 16.5. The molecule has 0 bridgehead atoms. The predicted molar refractivity (Wildman–Crippen MR) is 111 cm³/mol. The molecular formula is C25H17NO. The fourth-order valence-corrected chi connectivity index (χ4v) is 4.28. The summed E-state index contributed by atoms with van der Waals surface area (Å²) in [7, 11) is 0. The summed E-state index contributed by atoms with van der Waals surface area (Å²) in [6.07, 6.45) is 5.34. The van der Waals surface area contributed by atoms with Crippen LogP contribution in [0.15, 0.2) is 84.9 Å². The topological polar surface area (TPSA) is 12.5 Å². The number of benzene rings is 4. The van der Waals surface area contributed by atoms with Gasteiger partial charge in [0, 0.05) is 11.3 Å². The minimum absolute atomic E-state index is 0.890. The van der Waals surface area contributed by atoms with Crippen molar-refractivity contribution >= 4 is 33.9 Å². The SMILES string of the molecule is C1=Cc2cccc3cc4c(c(c23)C1)Oc1ccccc1N4c1ccccc1. The lowest BCUT2D eigenvalue weighted by molar-refractivity contribution is 0.473. The van der Waals surface area contributed by atoms with Crippen LogP contribution < -0.4 is 9.64 Å². The number of ether oxygens (including phenoxy) is 1. The quantitative estimate of drug-likeness (QED) is 0.324. The maximum atomic E-state index is 6.47. The molecule has 0 amide bonds. The standard InChI is InChI=1S/C25H17NO/c1-2-11-19(12-3-1)26-21-14-4-5-15-23(21)27-25-20-13-7-9-17-8-6-10-18(24(17)20)16-22(25)26/h1-12,14-16H,13H2. The lowest BCUT2D eigenvalue weighted by atomic mass is 9.90. The average Bonchev–Trinajstić information content (AvgIpc) is 2.73. The molecule has 0 saturated carbocycles. The van der Waals surface area contributed by atoms with Gasteiger partial charge < -0.3 is 9.64 Å². The van der Waals surface area contributed by atoms with E-state index in [1.54, 1.807) is 0 Å². The lowest BCUT2D eigenvalue weighted by Gasteiger charge is -2.35. The smallest absolute Gasteiger partial charge is 0.155 e. The fourth-order valence-electron chi connectivity index (χ4n) is 4.28. The van der Waals surface area contributed by atoms with Crippen LogP contribution in [0.25, 0.3) is 16.8 Å². The van der Waals surface area contributed by atoms with E-state index < -0.39 is 0 Å². The van der Waals surface area contributed by atoms with Crippen LogP contribution in [0.5, 0.6) is 11.5 Å². The van der Waals surface area contributed by atoms with Crippen LogP contribution in [0.4, 0.5) is 17.1 Å². The van der Waals surface area contributed by atoms with Gasteiger partial charge in [-0.2, -0.15) is 0 Å². The maximum absolute atomic E-state index is 6.47. The van der Waals surface area contributed by atoms with Crippen LogP contribution in [-0.2, 0) is 6.42 Å². The minimum atomic E-state index is 0.890. The van der Waals surface area contributed by atoms with Gasteiger partial charge in [0.25, 0.3) is 0 Å². The molecule has 1 aliphatic heterocycles. The largest absolute Gasteiger partial charge is 0.453 e. The van der Waals surface area contributed by atoms with E-state index in [0.717, 1.165) is 35.0 Å². The third-order valence-electron chi connectivity index (χ3n) is 5.42. The van der Waals surface area contributed by atoms with Gasteiger partial charge >= 0.3 is 0 Å². The summed E-state index contributed by atoms with van der Waals surface area (Å²) >= 11 is 0. The van der Waals surface area contributed by atoms with Gasteiger partial charge in [-0.1, -0.05) is 60.7 Å². The third-order valence-corrected chi connectivity index (χ3v) is 5.42. The Kier molecular flexibility index (Phi) is 2.97. The number of anilines is 3. The molecule has 0 radical (unpaired) electrons. The number of nitrogens with zero attached hydrogens (tertiary/aromatic N) is 1. The van der Waals surface area contributed by atoms with E-state index in [2.05, 4.69) is 89.8 Å². The number of fused-ring (bicyclic) bond motifs is 3. The van der Waals surface area contributed by atoms with Gasteiger partial charge in [-0.25, -0.2) is 0 Å². The Morgan fingerprint density at radius 1 is 0.778 bits per heavy atom. The highest BCUT2D eigenvalue weighted by Gasteiger charge is 2.29. The van der Waals surface area contributed by atoms with Gasteiger partial charge in [-0.3, -0.25) is 0 Å². The van der Waals surface area contributed by atoms with Crippen molar-refractivity contribution in [3.05, 3.63) is 96.1 Å². The van der Waals surface area contributed by atoms with Crippen molar-refractivity contribution in [2.75, 3.05) is 4.90 Å². The molecule has 2 heteroatoms. The maximum Gasteiger partial charge on any atom is 0.155 e. The lowest BCUT2D eigenvalue weighted by Crippen LogP contribution is -2.17. The zero-order valence-electron chi connectivity index (χ0n) is 14.7. The number of hydrogen-bond donors (Lipinski definition) is 0. The van der Waals surface area contributed by atoms with Crippen LogP contribution in [-0.4, -0.2) is 0 Å². The van der Waals surface area contributed by atoms with Crippen LogP contribution in [0.1, 0.15) is 11.1 Å². The zero-order chi connectivity index (χ0) is 17.8. The molecule has 6 rings (SSSR count). The molecule has 2 aliphatic rings. The Labute approximate surface area is 157 Å². The number of para-hydroxylation sites is 3. The molecule has 128 valence electrons. The molecule has 0 aromatic heterocycles. The molecule has 2 nitrogen and oxygen atoms in total. The van der Waals surface area contributed by atoms with E-state index in [9.17, 15) is 0 Å². The number of rotatable bonds is 1. The molecule has 4 aromatic rings. The molecule has 0 atom stereocenters. The van der Waals surface area contributed by atoms with Gasteiger partial charge in [0.2, 0.25) is 0 Å². The first kappa shape index (κ1) is 14.6. The highest BCUT2D eigenvalue weighted by Crippen LogP contribution is 2.54. The number of allylic oxidation sites excluding steroid dienone is 1. The monoisotopic (exact) mass is 347 g/mol. The van der Waals surface area contributed by atoms with Crippen LogP contribution in [0.2, 0.25) is 0 Å². The van der Waals surface area contributed by atoms with Crippen molar-refractivity contribution in [3.63, 3.8) is 0 Å². The molecule has 0 fully saturated rings. The molecule has 0 unspecified atom stereocenters. The summed E-state index contributed by atoms with van der Waals surface area (Å²) in [6, 6.07) is 27.6. The van der Waals surface area contributed by atoms with E-state index in [0.29, 0.717) is 0 Å². The van der Waals surface area contributed by atoms with Crippen LogP contribution in [0, 0.1) is 0 Å². The summed E-state index contributed by atoms with van der Waals surface area (Å²) in [4.78, 5) is 2.31.